The number of amides is 1. The molecule has 0 spiro atoms. The Bertz CT molecular complexity index is 346. The van der Waals surface area contributed by atoms with E-state index >= 15 is 0 Å². The van der Waals surface area contributed by atoms with Crippen LogP contribution in [0.4, 0.5) is 0 Å². The van der Waals surface area contributed by atoms with Gasteiger partial charge in [-0.2, -0.15) is 0 Å². The van der Waals surface area contributed by atoms with Crippen LogP contribution in [0, 0.1) is 0 Å². The van der Waals surface area contributed by atoms with E-state index in [9.17, 15) is 4.79 Å². The molecule has 94 valence electrons. The van der Waals surface area contributed by atoms with E-state index in [4.69, 9.17) is 0 Å². The lowest BCUT2D eigenvalue weighted by atomic mass is 10.0. The van der Waals surface area contributed by atoms with Crippen LogP contribution >= 0.6 is 0 Å². The normalized spacial score (nSPS) is 24.3. The Labute approximate surface area is 104 Å². The molecule has 3 nitrogen and oxygen atoms in total. The van der Waals surface area contributed by atoms with Crippen LogP contribution in [-0.4, -0.2) is 48.4 Å². The van der Waals surface area contributed by atoms with E-state index in [2.05, 4.69) is 30.2 Å². The highest BCUT2D eigenvalue weighted by Crippen LogP contribution is 2.18. The molecule has 0 aromatic heterocycles. The molecule has 1 fully saturated rings. The second-order valence-electron chi connectivity index (χ2n) is 5.11. The smallest absolute Gasteiger partial charge is 0.219 e. The van der Waals surface area contributed by atoms with Gasteiger partial charge < -0.3 is 4.90 Å². The number of carbonyl (C=O) groups excluding carboxylic acids is 1. The van der Waals surface area contributed by atoms with Crippen molar-refractivity contribution in [2.45, 2.75) is 32.2 Å². The second kappa shape index (κ2) is 5.50. The molecule has 0 bridgehead atoms. The van der Waals surface area contributed by atoms with Crippen LogP contribution in [0.3, 0.4) is 0 Å². The van der Waals surface area contributed by atoms with Gasteiger partial charge >= 0.3 is 0 Å². The third-order valence-electron chi connectivity index (χ3n) is 3.78. The summed E-state index contributed by atoms with van der Waals surface area (Å²) in [6, 6.07) is 0.533. The van der Waals surface area contributed by atoms with Crippen LogP contribution in [0.15, 0.2) is 23.8 Å². The van der Waals surface area contributed by atoms with Gasteiger partial charge in [0.15, 0.2) is 0 Å². The molecule has 1 aliphatic carbocycles. The summed E-state index contributed by atoms with van der Waals surface area (Å²) >= 11 is 0. The Hall–Kier alpha value is -1.09. The van der Waals surface area contributed by atoms with Gasteiger partial charge in [-0.3, -0.25) is 9.69 Å². The van der Waals surface area contributed by atoms with Gasteiger partial charge in [0.2, 0.25) is 5.91 Å². The van der Waals surface area contributed by atoms with Crippen molar-refractivity contribution >= 4 is 5.91 Å². The lowest BCUT2D eigenvalue weighted by Gasteiger charge is -2.26. The first-order chi connectivity index (χ1) is 8.16. The second-order valence-corrected chi connectivity index (χ2v) is 5.11. The Morgan fingerprint density at radius 1 is 1.59 bits per heavy atom. The summed E-state index contributed by atoms with van der Waals surface area (Å²) in [5, 5.41) is 0. The van der Waals surface area contributed by atoms with Crippen LogP contribution < -0.4 is 0 Å². The van der Waals surface area contributed by atoms with E-state index in [1.165, 1.54) is 18.4 Å². The van der Waals surface area contributed by atoms with Gasteiger partial charge in [-0.1, -0.05) is 23.8 Å². The maximum atomic E-state index is 11.3. The number of allylic oxidation sites excluding steroid dienone is 3. The van der Waals surface area contributed by atoms with Crippen molar-refractivity contribution in [1.82, 2.24) is 9.80 Å². The summed E-state index contributed by atoms with van der Waals surface area (Å²) in [5.41, 5.74) is 1.51. The Morgan fingerprint density at radius 3 is 3.00 bits per heavy atom. The number of rotatable bonds is 3. The molecule has 0 N–H and O–H groups in total. The van der Waals surface area contributed by atoms with Gasteiger partial charge in [0, 0.05) is 32.6 Å². The zero-order valence-electron chi connectivity index (χ0n) is 10.9. The molecule has 1 saturated heterocycles. The first-order valence-corrected chi connectivity index (χ1v) is 6.47. The van der Waals surface area contributed by atoms with Gasteiger partial charge in [0.05, 0.1) is 0 Å². The zero-order chi connectivity index (χ0) is 12.3. The molecule has 1 unspecified atom stereocenters. The third-order valence-corrected chi connectivity index (χ3v) is 3.78. The van der Waals surface area contributed by atoms with Crippen molar-refractivity contribution in [1.29, 1.82) is 0 Å². The maximum absolute atomic E-state index is 11.3. The van der Waals surface area contributed by atoms with Crippen molar-refractivity contribution in [3.05, 3.63) is 23.8 Å². The predicted molar refractivity (Wildman–Crippen MR) is 69.7 cm³/mol. The molecule has 1 aliphatic heterocycles. The van der Waals surface area contributed by atoms with Crippen LogP contribution in [0.5, 0.6) is 0 Å². The van der Waals surface area contributed by atoms with Crippen LogP contribution in [0.2, 0.25) is 0 Å². The summed E-state index contributed by atoms with van der Waals surface area (Å²) in [6.45, 7) is 4.52. The van der Waals surface area contributed by atoms with Gasteiger partial charge in [0.25, 0.3) is 0 Å². The molecule has 17 heavy (non-hydrogen) atoms. The van der Waals surface area contributed by atoms with Crippen molar-refractivity contribution in [2.24, 2.45) is 0 Å². The molecule has 0 aromatic carbocycles. The van der Waals surface area contributed by atoms with E-state index in [0.29, 0.717) is 6.04 Å². The first kappa shape index (κ1) is 12.4. The molecule has 1 heterocycles. The average molecular weight is 234 g/mol. The molecule has 3 heteroatoms. The van der Waals surface area contributed by atoms with E-state index in [1.54, 1.807) is 6.92 Å². The lowest BCUT2D eigenvalue weighted by molar-refractivity contribution is -0.127. The lowest BCUT2D eigenvalue weighted by Crippen LogP contribution is -2.36. The van der Waals surface area contributed by atoms with Crippen molar-refractivity contribution in [3.8, 4) is 0 Å². The summed E-state index contributed by atoms with van der Waals surface area (Å²) in [7, 11) is 2.17. The summed E-state index contributed by atoms with van der Waals surface area (Å²) in [5.74, 6) is 0.209. The predicted octanol–water partition coefficient (Wildman–Crippen LogP) is 1.82. The van der Waals surface area contributed by atoms with Gasteiger partial charge in [-0.05, 0) is 26.3 Å². The summed E-state index contributed by atoms with van der Waals surface area (Å²) in [4.78, 5) is 15.6. The number of likely N-dealkylation sites (tertiary alicyclic amines) is 1. The van der Waals surface area contributed by atoms with E-state index < -0.39 is 0 Å². The van der Waals surface area contributed by atoms with Gasteiger partial charge in [0.1, 0.15) is 0 Å². The average Bonchev–Trinajstić information content (AvgIpc) is 2.79. The van der Waals surface area contributed by atoms with Crippen LogP contribution in [-0.2, 0) is 4.79 Å². The number of likely N-dealkylation sites (N-methyl/N-ethyl adjacent to an activating group) is 1. The Kier molecular flexibility index (Phi) is 4.00. The van der Waals surface area contributed by atoms with E-state index in [1.807, 2.05) is 4.90 Å². The van der Waals surface area contributed by atoms with Crippen LogP contribution in [0.25, 0.3) is 0 Å². The minimum atomic E-state index is 0.209. The summed E-state index contributed by atoms with van der Waals surface area (Å²) < 4.78 is 0. The third kappa shape index (κ3) is 3.19. The number of hydrogen-bond acceptors (Lipinski definition) is 2. The first-order valence-electron chi connectivity index (χ1n) is 6.47. The highest BCUT2D eigenvalue weighted by Gasteiger charge is 2.27. The summed E-state index contributed by atoms with van der Waals surface area (Å²) in [6.07, 6.45) is 10.1. The van der Waals surface area contributed by atoms with Gasteiger partial charge in [-0.25, -0.2) is 0 Å². The van der Waals surface area contributed by atoms with Crippen molar-refractivity contribution < 1.29 is 4.79 Å². The molecule has 1 atom stereocenters. The standard InChI is InChI=1S/C14H22N2O/c1-12(17)16-9-8-14(11-16)15(2)10-13-6-4-3-5-7-13/h3-4,6,14H,5,7-11H2,1-2H3. The number of nitrogens with zero attached hydrogens (tertiary/aromatic N) is 2. The monoisotopic (exact) mass is 234 g/mol. The number of hydrogen-bond donors (Lipinski definition) is 0. The quantitative estimate of drug-likeness (QED) is 0.743. The topological polar surface area (TPSA) is 23.6 Å². The van der Waals surface area contributed by atoms with Gasteiger partial charge in [-0.15, -0.1) is 0 Å². The molecule has 1 amide bonds. The SMILES string of the molecule is CC(=O)N1CCC(N(C)CC2=CC=CCC2)C1. The molecule has 0 aromatic rings. The highest BCUT2D eigenvalue weighted by atomic mass is 16.2. The molecule has 0 radical (unpaired) electrons. The molecular weight excluding hydrogens is 212 g/mol. The fourth-order valence-electron chi connectivity index (χ4n) is 2.62. The Balaban J connectivity index is 1.84. The van der Waals surface area contributed by atoms with E-state index in [0.717, 1.165) is 26.1 Å². The van der Waals surface area contributed by atoms with Crippen LogP contribution in [0.1, 0.15) is 26.2 Å². The fraction of sp³-hybridized carbons (Fsp3) is 0.643. The minimum absolute atomic E-state index is 0.209. The zero-order valence-corrected chi connectivity index (χ0v) is 10.9. The molecular formula is C14H22N2O. The molecule has 2 rings (SSSR count). The van der Waals surface area contributed by atoms with Crippen molar-refractivity contribution in [3.63, 3.8) is 0 Å². The molecule has 0 saturated carbocycles. The van der Waals surface area contributed by atoms with E-state index in [-0.39, 0.29) is 5.91 Å². The fourth-order valence-corrected chi connectivity index (χ4v) is 2.62. The number of carbonyl (C=O) groups is 1. The minimum Gasteiger partial charge on any atom is -0.341 e. The Morgan fingerprint density at radius 2 is 2.41 bits per heavy atom. The molecule has 2 aliphatic rings. The highest BCUT2D eigenvalue weighted by molar-refractivity contribution is 5.73. The van der Waals surface area contributed by atoms with Crippen molar-refractivity contribution in [2.75, 3.05) is 26.7 Å². The largest absolute Gasteiger partial charge is 0.341 e. The maximum Gasteiger partial charge on any atom is 0.219 e.